The van der Waals surface area contributed by atoms with Gasteiger partial charge in [0.2, 0.25) is 0 Å². The summed E-state index contributed by atoms with van der Waals surface area (Å²) in [4.78, 5) is 1.21. The van der Waals surface area contributed by atoms with Crippen molar-refractivity contribution in [2.45, 2.75) is 37.8 Å². The predicted octanol–water partition coefficient (Wildman–Crippen LogP) is 3.11. The molecule has 0 aromatic rings. The van der Waals surface area contributed by atoms with Gasteiger partial charge < -0.3 is 5.32 Å². The summed E-state index contributed by atoms with van der Waals surface area (Å²) < 4.78 is 2.61. The SMILES string of the molecule is C=C/C=C(\C=C)SN(C1CCNCC1)C1CC1. The Hall–Kier alpha value is -0.510. The Labute approximate surface area is 109 Å². The predicted molar refractivity (Wildman–Crippen MR) is 76.8 cm³/mol. The van der Waals surface area contributed by atoms with E-state index in [9.17, 15) is 0 Å². The summed E-state index contributed by atoms with van der Waals surface area (Å²) in [6.07, 6.45) is 11.1. The summed E-state index contributed by atoms with van der Waals surface area (Å²) >= 11 is 1.87. The van der Waals surface area contributed by atoms with Crippen molar-refractivity contribution in [2.75, 3.05) is 13.1 Å². The van der Waals surface area contributed by atoms with E-state index in [1.807, 2.05) is 30.2 Å². The maximum absolute atomic E-state index is 3.88. The molecule has 0 radical (unpaired) electrons. The van der Waals surface area contributed by atoms with Gasteiger partial charge in [0.15, 0.2) is 0 Å². The first-order valence-corrected chi connectivity index (χ1v) is 7.24. The number of hydrogen-bond donors (Lipinski definition) is 1. The normalized spacial score (nSPS) is 22.8. The number of hydrogen-bond acceptors (Lipinski definition) is 3. The highest BCUT2D eigenvalue weighted by atomic mass is 32.2. The van der Waals surface area contributed by atoms with Crippen LogP contribution in [0.5, 0.6) is 0 Å². The molecule has 2 nitrogen and oxygen atoms in total. The van der Waals surface area contributed by atoms with E-state index in [0.29, 0.717) is 0 Å². The molecule has 0 aromatic carbocycles. The molecule has 0 unspecified atom stereocenters. The third-order valence-corrected chi connectivity index (χ3v) is 4.59. The zero-order valence-electron chi connectivity index (χ0n) is 10.4. The van der Waals surface area contributed by atoms with Gasteiger partial charge in [-0.05, 0) is 56.8 Å². The minimum Gasteiger partial charge on any atom is -0.317 e. The van der Waals surface area contributed by atoms with E-state index in [0.717, 1.165) is 25.2 Å². The van der Waals surface area contributed by atoms with Crippen LogP contribution in [-0.4, -0.2) is 29.5 Å². The molecule has 1 heterocycles. The highest BCUT2D eigenvalue weighted by Crippen LogP contribution is 2.39. The molecule has 2 rings (SSSR count). The van der Waals surface area contributed by atoms with Gasteiger partial charge in [0, 0.05) is 17.0 Å². The molecule has 1 aliphatic heterocycles. The van der Waals surface area contributed by atoms with Crippen LogP contribution in [0.3, 0.4) is 0 Å². The Morgan fingerprint density at radius 1 is 1.12 bits per heavy atom. The molecule has 3 heteroatoms. The van der Waals surface area contributed by atoms with Gasteiger partial charge in [0.25, 0.3) is 0 Å². The Kier molecular flexibility index (Phi) is 4.89. The maximum Gasteiger partial charge on any atom is 0.0233 e. The van der Waals surface area contributed by atoms with Gasteiger partial charge in [-0.15, -0.1) is 0 Å². The molecule has 0 atom stereocenters. The highest BCUT2D eigenvalue weighted by molar-refractivity contribution is 8.01. The average molecular weight is 250 g/mol. The molecule has 1 saturated heterocycles. The van der Waals surface area contributed by atoms with E-state index in [1.54, 1.807) is 0 Å². The van der Waals surface area contributed by atoms with Crippen LogP contribution < -0.4 is 5.32 Å². The summed E-state index contributed by atoms with van der Waals surface area (Å²) in [6.45, 7) is 9.96. The van der Waals surface area contributed by atoms with Crippen LogP contribution in [0.4, 0.5) is 0 Å². The fourth-order valence-electron chi connectivity index (χ4n) is 2.21. The van der Waals surface area contributed by atoms with E-state index >= 15 is 0 Å². The van der Waals surface area contributed by atoms with Gasteiger partial charge in [-0.2, -0.15) is 0 Å². The highest BCUT2D eigenvalue weighted by Gasteiger charge is 2.35. The van der Waals surface area contributed by atoms with Crippen molar-refractivity contribution in [3.05, 3.63) is 36.3 Å². The van der Waals surface area contributed by atoms with Crippen molar-refractivity contribution in [1.29, 1.82) is 0 Å². The van der Waals surface area contributed by atoms with Crippen LogP contribution in [0.1, 0.15) is 25.7 Å². The van der Waals surface area contributed by atoms with Crippen LogP contribution in [0.2, 0.25) is 0 Å². The molecule has 1 aliphatic carbocycles. The number of rotatable bonds is 6. The number of piperidine rings is 1. The summed E-state index contributed by atoms with van der Waals surface area (Å²) in [5.74, 6) is 0. The standard InChI is InChI=1S/C14H22N2S/c1-3-5-14(4-2)17-16(12-6-7-12)13-8-10-15-11-9-13/h3-5,12-13,15H,1-2,6-11H2/b14-5+. The third-order valence-electron chi connectivity index (χ3n) is 3.27. The molecule has 0 amide bonds. The lowest BCUT2D eigenvalue weighted by Crippen LogP contribution is -2.40. The zero-order chi connectivity index (χ0) is 12.1. The van der Waals surface area contributed by atoms with Crippen molar-refractivity contribution in [3.63, 3.8) is 0 Å². The first-order chi connectivity index (χ1) is 8.35. The van der Waals surface area contributed by atoms with Gasteiger partial charge in [0.1, 0.15) is 0 Å². The summed E-state index contributed by atoms with van der Waals surface area (Å²) in [5.41, 5.74) is 0. The van der Waals surface area contributed by atoms with Crippen molar-refractivity contribution in [2.24, 2.45) is 0 Å². The van der Waals surface area contributed by atoms with Crippen LogP contribution in [0, 0.1) is 0 Å². The van der Waals surface area contributed by atoms with Crippen molar-refractivity contribution in [3.8, 4) is 0 Å². The van der Waals surface area contributed by atoms with Crippen molar-refractivity contribution in [1.82, 2.24) is 9.62 Å². The molecule has 0 aromatic heterocycles. The number of nitrogens with one attached hydrogen (secondary N) is 1. The minimum atomic E-state index is 0.724. The molecule has 0 spiro atoms. The van der Waals surface area contributed by atoms with E-state index in [4.69, 9.17) is 0 Å². The van der Waals surface area contributed by atoms with Gasteiger partial charge in [-0.25, -0.2) is 4.31 Å². The Morgan fingerprint density at radius 2 is 1.76 bits per heavy atom. The third kappa shape index (κ3) is 3.73. The van der Waals surface area contributed by atoms with Gasteiger partial charge >= 0.3 is 0 Å². The van der Waals surface area contributed by atoms with E-state index in [-0.39, 0.29) is 0 Å². The molecule has 2 fully saturated rings. The second-order valence-electron chi connectivity index (χ2n) is 4.67. The minimum absolute atomic E-state index is 0.724. The second-order valence-corrected chi connectivity index (χ2v) is 5.75. The van der Waals surface area contributed by atoms with Gasteiger partial charge in [-0.3, -0.25) is 0 Å². The lowest BCUT2D eigenvalue weighted by Gasteiger charge is -2.33. The molecular weight excluding hydrogens is 228 g/mol. The first-order valence-electron chi connectivity index (χ1n) is 6.47. The molecule has 94 valence electrons. The zero-order valence-corrected chi connectivity index (χ0v) is 11.2. The first kappa shape index (κ1) is 12.9. The smallest absolute Gasteiger partial charge is 0.0233 e. The monoisotopic (exact) mass is 250 g/mol. The molecule has 0 bridgehead atoms. The summed E-state index contributed by atoms with van der Waals surface area (Å²) in [6, 6.07) is 1.51. The van der Waals surface area contributed by atoms with Crippen molar-refractivity contribution < 1.29 is 0 Å². The summed E-state index contributed by atoms with van der Waals surface area (Å²) in [5, 5.41) is 3.43. The molecular formula is C14H22N2S. The fraction of sp³-hybridized carbons (Fsp3) is 0.571. The van der Waals surface area contributed by atoms with Crippen LogP contribution in [0.15, 0.2) is 36.3 Å². The van der Waals surface area contributed by atoms with Crippen LogP contribution in [-0.2, 0) is 0 Å². The molecule has 1 N–H and O–H groups in total. The lowest BCUT2D eigenvalue weighted by molar-refractivity contribution is 0.277. The van der Waals surface area contributed by atoms with E-state index < -0.39 is 0 Å². The summed E-state index contributed by atoms with van der Waals surface area (Å²) in [7, 11) is 0. The number of allylic oxidation sites excluding steroid dienone is 3. The molecule has 2 aliphatic rings. The number of nitrogens with zero attached hydrogens (tertiary/aromatic N) is 1. The van der Waals surface area contributed by atoms with Gasteiger partial charge in [0.05, 0.1) is 0 Å². The lowest BCUT2D eigenvalue weighted by atomic mass is 10.1. The quantitative estimate of drug-likeness (QED) is 0.576. The Bertz CT molecular complexity index is 301. The van der Waals surface area contributed by atoms with Gasteiger partial charge in [-0.1, -0.05) is 25.3 Å². The van der Waals surface area contributed by atoms with E-state index in [2.05, 4.69) is 22.8 Å². The Balaban J connectivity index is 1.98. The molecule has 17 heavy (non-hydrogen) atoms. The second kappa shape index (κ2) is 6.43. The van der Waals surface area contributed by atoms with E-state index in [1.165, 1.54) is 30.6 Å². The fourth-order valence-corrected chi connectivity index (χ4v) is 3.41. The Morgan fingerprint density at radius 3 is 2.29 bits per heavy atom. The van der Waals surface area contributed by atoms with Crippen LogP contribution >= 0.6 is 11.9 Å². The van der Waals surface area contributed by atoms with Crippen LogP contribution in [0.25, 0.3) is 0 Å². The average Bonchev–Trinajstić information content (AvgIpc) is 3.20. The molecule has 1 saturated carbocycles. The largest absolute Gasteiger partial charge is 0.317 e. The maximum atomic E-state index is 3.88. The topological polar surface area (TPSA) is 15.3 Å². The van der Waals surface area contributed by atoms with Crippen molar-refractivity contribution >= 4 is 11.9 Å².